The molecule has 3 N–H and O–H groups in total. The first-order valence-corrected chi connectivity index (χ1v) is 12.9. The Balaban J connectivity index is -0.0000000378. The quantitative estimate of drug-likeness (QED) is 0.300. The van der Waals surface area contributed by atoms with Gasteiger partial charge in [-0.05, 0) is 19.6 Å². The van der Waals surface area contributed by atoms with E-state index in [-0.39, 0.29) is 37.8 Å². The summed E-state index contributed by atoms with van der Waals surface area (Å²) in [5, 5.41) is 7.00. The van der Waals surface area contributed by atoms with Crippen molar-refractivity contribution in [3.8, 4) is 0 Å². The molecule has 0 aromatic rings. The fraction of sp³-hybridized carbons (Fsp3) is 0.684. The minimum absolute atomic E-state index is 0. The third kappa shape index (κ3) is 49.8. The minimum Gasteiger partial charge on any atom is -0.358 e. The largest absolute Gasteiger partial charge is 0.358 e. The van der Waals surface area contributed by atoms with Gasteiger partial charge < -0.3 is 23.1 Å². The van der Waals surface area contributed by atoms with Crippen molar-refractivity contribution in [2.45, 2.75) is 73.6 Å². The van der Waals surface area contributed by atoms with Crippen molar-refractivity contribution < 1.29 is 34.1 Å². The van der Waals surface area contributed by atoms with Gasteiger partial charge in [0, 0.05) is 7.11 Å². The van der Waals surface area contributed by atoms with Crippen molar-refractivity contribution in [1.82, 2.24) is 0 Å². The van der Waals surface area contributed by atoms with E-state index in [0.29, 0.717) is 5.92 Å². The van der Waals surface area contributed by atoms with Crippen molar-refractivity contribution in [3.05, 3.63) is 36.0 Å². The van der Waals surface area contributed by atoms with E-state index in [4.69, 9.17) is 15.6 Å². The molecule has 0 aromatic carbocycles. The normalized spacial score (nSPS) is 14.3. The number of halogens is 2. The fourth-order valence-corrected chi connectivity index (χ4v) is 1.16. The minimum atomic E-state index is -1.61. The van der Waals surface area contributed by atoms with Gasteiger partial charge in [0.15, 0.2) is 8.32 Å². The van der Waals surface area contributed by atoms with E-state index in [1.54, 1.807) is 0 Å². The average molecular weight is 509 g/mol. The predicted molar refractivity (Wildman–Crippen MR) is 126 cm³/mol. The van der Waals surface area contributed by atoms with E-state index in [0.717, 1.165) is 7.11 Å². The van der Waals surface area contributed by atoms with Gasteiger partial charge in [-0.1, -0.05) is 47.5 Å². The Morgan fingerprint density at radius 2 is 1.23 bits per heavy atom. The molecule has 0 amide bonds. The molecule has 1 rings (SSSR count). The Morgan fingerprint density at radius 1 is 1.04 bits per heavy atom. The molecule has 0 aliphatic heterocycles. The summed E-state index contributed by atoms with van der Waals surface area (Å²) in [7, 11) is -0.611. The number of hydrogen-bond donors (Lipinski definition) is 2. The summed E-state index contributed by atoms with van der Waals surface area (Å²) < 4.78 is 3.34. The van der Waals surface area contributed by atoms with E-state index < -0.39 is 8.32 Å². The van der Waals surface area contributed by atoms with Crippen LogP contribution in [0.25, 0.3) is 5.73 Å². The number of nitrogens with one attached hydrogen (secondary N) is 1. The standard InChI is InChI=1S/C9H13.C4H10N.C3H10OSi.CH4O.CH3.CH2.2ClH.Zr/c1-6-5-7(2)9(4)8(6)3;1-4(2,3)5;1-5(2,3)4;1-2;;;;;/h6H,1-4H3;5H,1-3H3;4H,1-3H3;2H,1H3;1H3;1H2;2*1H;/q2*-1;;;-1;;;;. The first kappa shape index (κ1) is 45.6. The molecule has 0 fully saturated rings. The van der Waals surface area contributed by atoms with Gasteiger partial charge in [0.05, 0.1) is 0 Å². The monoisotopic (exact) mass is 506 g/mol. The van der Waals surface area contributed by atoms with Crippen LogP contribution in [0.2, 0.25) is 19.6 Å². The Morgan fingerprint density at radius 3 is 1.27 bits per heavy atom. The van der Waals surface area contributed by atoms with Crippen LogP contribution in [0.15, 0.2) is 16.7 Å². The van der Waals surface area contributed by atoms with Crippen LogP contribution in [0.4, 0.5) is 0 Å². The maximum absolute atomic E-state index is 8.66. The molecule has 0 saturated carbocycles. The van der Waals surface area contributed by atoms with Crippen LogP contribution in [0, 0.1) is 19.4 Å². The second kappa shape index (κ2) is 23.9. The number of hydrogen-bond acceptors (Lipinski definition) is 2. The van der Waals surface area contributed by atoms with Crippen molar-refractivity contribution in [3.63, 3.8) is 0 Å². The van der Waals surface area contributed by atoms with Gasteiger partial charge in [0.25, 0.3) is 0 Å². The summed E-state index contributed by atoms with van der Waals surface area (Å²) in [6.07, 6.45) is 3.36. The second-order valence-corrected chi connectivity index (χ2v) is 11.6. The number of aliphatic hydroxyl groups excluding tert-OH is 1. The molecule has 26 heavy (non-hydrogen) atoms. The molecule has 0 radical (unpaired) electrons. The van der Waals surface area contributed by atoms with Gasteiger partial charge in [-0.3, -0.25) is 6.08 Å². The van der Waals surface area contributed by atoms with Gasteiger partial charge >= 0.3 is 28.4 Å². The molecule has 3 nitrogen and oxygen atoms in total. The van der Waals surface area contributed by atoms with Crippen LogP contribution < -0.4 is 0 Å². The Labute approximate surface area is 193 Å². The molecule has 1 unspecified atom stereocenters. The Hall–Kier alpha value is 0.910. The van der Waals surface area contributed by atoms with Crippen molar-refractivity contribution in [2.24, 2.45) is 5.92 Å². The smallest absolute Gasteiger partial charge is 0.358 e. The van der Waals surface area contributed by atoms with Crippen LogP contribution in [0.5, 0.6) is 0 Å². The number of aliphatic hydroxyl groups is 1. The molecular weight excluding hydrogens is 464 g/mol. The van der Waals surface area contributed by atoms with Crippen LogP contribution in [-0.4, -0.2) is 35.1 Å². The van der Waals surface area contributed by atoms with E-state index in [2.05, 4.69) is 38.0 Å². The van der Waals surface area contributed by atoms with Gasteiger partial charge in [-0.2, -0.15) is 11.1 Å². The molecule has 0 heterocycles. The first-order valence-electron chi connectivity index (χ1n) is 7.68. The van der Waals surface area contributed by atoms with Crippen molar-refractivity contribution >= 4 is 37.3 Å². The molecule has 1 aliphatic carbocycles. The SMILES string of the molecule is CC(C)(C)[NH-].CC1=[C-]C(C)C(C)=C1C.CO.C[Si](C)(C)O.Cl.Cl.[CH2]=[Zr].[CH3-]. The summed E-state index contributed by atoms with van der Waals surface area (Å²) in [5.74, 6) is 0.560. The van der Waals surface area contributed by atoms with Gasteiger partial charge in [-0.25, -0.2) is 5.57 Å². The molecule has 0 bridgehead atoms. The molecule has 0 saturated heterocycles. The van der Waals surface area contributed by atoms with E-state index >= 15 is 0 Å². The van der Waals surface area contributed by atoms with Crippen molar-refractivity contribution in [2.75, 3.05) is 7.11 Å². The van der Waals surface area contributed by atoms with E-state index in [9.17, 15) is 0 Å². The summed E-state index contributed by atoms with van der Waals surface area (Å²) in [6.45, 7) is 19.9. The Bertz CT molecular complexity index is 340. The summed E-state index contributed by atoms with van der Waals surface area (Å²) >= 11 is 1.30. The predicted octanol–water partition coefficient (Wildman–Crippen LogP) is 6.24. The zero-order valence-electron chi connectivity index (χ0n) is 19.0. The fourth-order valence-electron chi connectivity index (χ4n) is 1.16. The zero-order valence-corrected chi connectivity index (χ0v) is 24.1. The van der Waals surface area contributed by atoms with E-state index in [1.807, 2.05) is 40.4 Å². The van der Waals surface area contributed by atoms with Crippen LogP contribution in [0.3, 0.4) is 0 Å². The third-order valence-electron chi connectivity index (χ3n) is 2.24. The molecule has 162 valence electrons. The van der Waals surface area contributed by atoms with Crippen LogP contribution in [0.1, 0.15) is 48.5 Å². The first-order chi connectivity index (χ1) is 10.1. The number of allylic oxidation sites excluding steroid dienone is 4. The topological polar surface area (TPSA) is 64.3 Å². The van der Waals surface area contributed by atoms with E-state index in [1.165, 1.54) is 41.0 Å². The maximum atomic E-state index is 8.66. The summed E-state index contributed by atoms with van der Waals surface area (Å²) in [4.78, 5) is 8.66. The Kier molecular flexibility index (Phi) is 42.0. The van der Waals surface area contributed by atoms with Crippen LogP contribution >= 0.6 is 24.8 Å². The number of rotatable bonds is 0. The van der Waals surface area contributed by atoms with Gasteiger partial charge in [0.2, 0.25) is 0 Å². The third-order valence-corrected chi connectivity index (χ3v) is 2.24. The van der Waals surface area contributed by atoms with Gasteiger partial charge in [-0.15, -0.1) is 37.3 Å². The molecule has 1 atom stereocenters. The van der Waals surface area contributed by atoms with Crippen molar-refractivity contribution in [1.29, 1.82) is 0 Å². The summed E-state index contributed by atoms with van der Waals surface area (Å²) in [6, 6.07) is 0. The molecular formula is C19H44Cl2NO2SiZr-3. The maximum Gasteiger partial charge on any atom is -0.358 e. The molecule has 1 aliphatic rings. The van der Waals surface area contributed by atoms with Gasteiger partial charge in [0.1, 0.15) is 0 Å². The second-order valence-electron chi connectivity index (χ2n) is 7.22. The average Bonchev–Trinajstić information content (AvgIpc) is 2.57. The van der Waals surface area contributed by atoms with Crippen LogP contribution in [-0.2, 0) is 24.2 Å². The molecule has 0 aromatic heterocycles. The summed E-state index contributed by atoms with van der Waals surface area (Å²) in [5.41, 5.74) is 10.9. The zero-order chi connectivity index (χ0) is 20.0. The molecule has 0 spiro atoms. The molecule has 7 heteroatoms.